The fourth-order valence-electron chi connectivity index (χ4n) is 4.08. The van der Waals surface area contributed by atoms with Gasteiger partial charge in [-0.25, -0.2) is 13.4 Å². The van der Waals surface area contributed by atoms with E-state index in [1.807, 2.05) is 42.5 Å². The molecule has 1 aromatic heterocycles. The van der Waals surface area contributed by atoms with Gasteiger partial charge in [-0.05, 0) is 79.2 Å². The van der Waals surface area contributed by atoms with E-state index in [2.05, 4.69) is 26.0 Å². The number of amides is 1. The van der Waals surface area contributed by atoms with E-state index in [1.54, 1.807) is 50.6 Å². The zero-order chi connectivity index (χ0) is 29.0. The lowest BCUT2D eigenvalue weighted by Crippen LogP contribution is -2.31. The van der Waals surface area contributed by atoms with Crippen molar-refractivity contribution >= 4 is 70.4 Å². The first-order chi connectivity index (χ1) is 19.8. The van der Waals surface area contributed by atoms with E-state index >= 15 is 0 Å². The molecule has 1 heterocycles. The molecule has 0 fully saturated rings. The fourth-order valence-corrected chi connectivity index (χ4v) is 6.77. The molecule has 1 amide bonds. The number of methoxy groups -OCH3 is 1. The lowest BCUT2D eigenvalue weighted by Gasteiger charge is -2.23. The monoisotopic (exact) mass is 648 g/mol. The first-order valence-corrected chi connectivity index (χ1v) is 15.6. The van der Waals surface area contributed by atoms with Crippen LogP contribution < -0.4 is 14.1 Å². The zero-order valence-electron chi connectivity index (χ0n) is 22.1. The molecule has 0 spiro atoms. The third-order valence-corrected chi connectivity index (χ3v) is 9.61. The second kappa shape index (κ2) is 12.2. The molecule has 0 N–H and O–H groups in total. The van der Waals surface area contributed by atoms with Crippen molar-refractivity contribution in [3.05, 3.63) is 113 Å². The number of anilines is 2. The average Bonchev–Trinajstić information content (AvgIpc) is 3.42. The van der Waals surface area contributed by atoms with E-state index in [0.29, 0.717) is 22.1 Å². The third-order valence-electron chi connectivity index (χ3n) is 6.17. The van der Waals surface area contributed by atoms with Crippen molar-refractivity contribution in [2.75, 3.05) is 23.0 Å². The molecule has 0 saturated carbocycles. The number of aromatic nitrogens is 1. The number of hydrogen-bond acceptors (Lipinski definition) is 7. The van der Waals surface area contributed by atoms with E-state index in [1.165, 1.54) is 44.9 Å². The highest BCUT2D eigenvalue weighted by atomic mass is 79.9. The van der Waals surface area contributed by atoms with Crippen LogP contribution >= 0.6 is 27.3 Å². The minimum atomic E-state index is -3.84. The SMILES string of the molecule is CCN(c1ccccc1)S(=O)(=O)c1ccc(C(=O)N(/N=C/c2ccc(Br)cc2)c2nc3ccc(OC)cc3s2)cc1. The van der Waals surface area contributed by atoms with Crippen LogP contribution in [0.2, 0.25) is 0 Å². The van der Waals surface area contributed by atoms with Crippen LogP contribution in [0.25, 0.3) is 10.2 Å². The number of para-hydroxylation sites is 1. The quantitative estimate of drug-likeness (QED) is 0.127. The van der Waals surface area contributed by atoms with E-state index < -0.39 is 15.9 Å². The van der Waals surface area contributed by atoms with Gasteiger partial charge in [-0.3, -0.25) is 9.10 Å². The molecular formula is C30H25BrN4O4S2. The summed E-state index contributed by atoms with van der Waals surface area (Å²) in [5.41, 5.74) is 2.31. The molecule has 8 nitrogen and oxygen atoms in total. The molecule has 0 atom stereocenters. The summed E-state index contributed by atoms with van der Waals surface area (Å²) in [6, 6.07) is 27.7. The highest BCUT2D eigenvalue weighted by molar-refractivity contribution is 9.10. The van der Waals surface area contributed by atoms with Gasteiger partial charge in [0.1, 0.15) is 5.75 Å². The highest BCUT2D eigenvalue weighted by Crippen LogP contribution is 2.33. The van der Waals surface area contributed by atoms with Gasteiger partial charge in [-0.15, -0.1) is 0 Å². The number of sulfonamides is 1. The van der Waals surface area contributed by atoms with Crippen LogP contribution in [0.1, 0.15) is 22.8 Å². The van der Waals surface area contributed by atoms with Gasteiger partial charge in [0.15, 0.2) is 0 Å². The largest absolute Gasteiger partial charge is 0.497 e. The first kappa shape index (κ1) is 28.5. The summed E-state index contributed by atoms with van der Waals surface area (Å²) in [4.78, 5) is 18.5. The van der Waals surface area contributed by atoms with Crippen LogP contribution in [-0.4, -0.2) is 39.2 Å². The molecule has 5 aromatic rings. The number of halogens is 1. The molecule has 41 heavy (non-hydrogen) atoms. The van der Waals surface area contributed by atoms with Crippen LogP contribution in [0.3, 0.4) is 0 Å². The number of fused-ring (bicyclic) bond motifs is 1. The van der Waals surface area contributed by atoms with Gasteiger partial charge < -0.3 is 4.74 Å². The van der Waals surface area contributed by atoms with Gasteiger partial charge in [0.25, 0.3) is 15.9 Å². The number of benzene rings is 4. The highest BCUT2D eigenvalue weighted by Gasteiger charge is 2.25. The number of thiazole rings is 1. The molecule has 0 bridgehead atoms. The Morgan fingerprint density at radius 1 is 1.00 bits per heavy atom. The molecule has 5 rings (SSSR count). The molecule has 4 aromatic carbocycles. The number of nitrogens with zero attached hydrogens (tertiary/aromatic N) is 4. The molecule has 0 aliphatic carbocycles. The average molecular weight is 650 g/mol. The molecule has 11 heteroatoms. The van der Waals surface area contributed by atoms with Crippen molar-refractivity contribution in [1.29, 1.82) is 0 Å². The van der Waals surface area contributed by atoms with Crippen molar-refractivity contribution in [2.24, 2.45) is 5.10 Å². The normalized spacial score (nSPS) is 11.6. The number of hydrazone groups is 1. The molecule has 0 unspecified atom stereocenters. The number of carbonyl (C=O) groups excluding carboxylic acids is 1. The smallest absolute Gasteiger partial charge is 0.280 e. The van der Waals surface area contributed by atoms with Crippen molar-refractivity contribution in [2.45, 2.75) is 11.8 Å². The summed E-state index contributed by atoms with van der Waals surface area (Å²) in [7, 11) is -2.25. The Morgan fingerprint density at radius 2 is 1.71 bits per heavy atom. The minimum Gasteiger partial charge on any atom is -0.497 e. The van der Waals surface area contributed by atoms with Gasteiger partial charge >= 0.3 is 0 Å². The van der Waals surface area contributed by atoms with Crippen LogP contribution in [0.15, 0.2) is 112 Å². The van der Waals surface area contributed by atoms with E-state index in [9.17, 15) is 13.2 Å². The Bertz CT molecular complexity index is 1810. The molecule has 0 radical (unpaired) electrons. The second-order valence-electron chi connectivity index (χ2n) is 8.77. The summed E-state index contributed by atoms with van der Waals surface area (Å²) in [6.07, 6.45) is 1.58. The van der Waals surface area contributed by atoms with Gasteiger partial charge in [0, 0.05) is 16.6 Å². The lowest BCUT2D eigenvalue weighted by atomic mass is 10.2. The van der Waals surface area contributed by atoms with Crippen LogP contribution in [0.4, 0.5) is 10.8 Å². The maximum Gasteiger partial charge on any atom is 0.280 e. The first-order valence-electron chi connectivity index (χ1n) is 12.6. The number of carbonyl (C=O) groups is 1. The molecule has 208 valence electrons. The molecule has 0 aliphatic heterocycles. The summed E-state index contributed by atoms with van der Waals surface area (Å²) < 4.78 is 35.3. The Balaban J connectivity index is 1.49. The zero-order valence-corrected chi connectivity index (χ0v) is 25.4. The predicted octanol–water partition coefficient (Wildman–Crippen LogP) is 6.96. The van der Waals surface area contributed by atoms with Crippen LogP contribution in [-0.2, 0) is 10.0 Å². The summed E-state index contributed by atoms with van der Waals surface area (Å²) >= 11 is 4.72. The Morgan fingerprint density at radius 3 is 2.37 bits per heavy atom. The van der Waals surface area contributed by atoms with Crippen molar-refractivity contribution in [1.82, 2.24) is 4.98 Å². The molecule has 0 saturated heterocycles. The Kier molecular flexibility index (Phi) is 8.48. The van der Waals surface area contributed by atoms with E-state index in [-0.39, 0.29) is 17.0 Å². The fraction of sp³-hybridized carbons (Fsp3) is 0.100. The van der Waals surface area contributed by atoms with E-state index in [0.717, 1.165) is 14.7 Å². The van der Waals surface area contributed by atoms with Crippen molar-refractivity contribution in [3.8, 4) is 5.75 Å². The van der Waals surface area contributed by atoms with Gasteiger partial charge in [0.05, 0.1) is 34.1 Å². The third kappa shape index (κ3) is 6.17. The van der Waals surface area contributed by atoms with Crippen molar-refractivity contribution < 1.29 is 17.9 Å². The van der Waals surface area contributed by atoms with Crippen molar-refractivity contribution in [3.63, 3.8) is 0 Å². The van der Waals surface area contributed by atoms with E-state index in [4.69, 9.17) is 4.74 Å². The predicted molar refractivity (Wildman–Crippen MR) is 168 cm³/mol. The molecular weight excluding hydrogens is 624 g/mol. The number of ether oxygens (including phenoxy) is 1. The minimum absolute atomic E-state index is 0.0803. The maximum atomic E-state index is 13.8. The summed E-state index contributed by atoms with van der Waals surface area (Å²) in [5, 5.41) is 6.09. The lowest BCUT2D eigenvalue weighted by molar-refractivity contribution is 0.0987. The summed E-state index contributed by atoms with van der Waals surface area (Å²) in [5.74, 6) is 0.223. The Hall–Kier alpha value is -4.06. The maximum absolute atomic E-state index is 13.8. The summed E-state index contributed by atoms with van der Waals surface area (Å²) in [6.45, 7) is 2.03. The Labute approximate surface area is 250 Å². The standard InChI is InChI=1S/C30H25BrN4O4S2/c1-3-34(24-7-5-4-6-8-24)41(37,38)26-16-11-22(12-17-26)29(36)35(32-20-21-9-13-23(31)14-10-21)30-33-27-18-15-25(39-2)19-28(27)40-30/h4-20H,3H2,1-2H3/b32-20+. The van der Waals surface area contributed by atoms with Gasteiger partial charge in [-0.2, -0.15) is 10.1 Å². The topological polar surface area (TPSA) is 92.2 Å². The number of hydrogen-bond donors (Lipinski definition) is 0. The number of rotatable bonds is 9. The molecule has 0 aliphatic rings. The van der Waals surface area contributed by atoms with Crippen LogP contribution in [0.5, 0.6) is 5.75 Å². The van der Waals surface area contributed by atoms with Crippen LogP contribution in [0, 0.1) is 0 Å². The van der Waals surface area contributed by atoms with Gasteiger partial charge in [-0.1, -0.05) is 57.6 Å². The second-order valence-corrected chi connectivity index (χ2v) is 12.6. The van der Waals surface area contributed by atoms with Gasteiger partial charge in [0.2, 0.25) is 5.13 Å².